The summed E-state index contributed by atoms with van der Waals surface area (Å²) in [4.78, 5) is 2.57. The zero-order valence-corrected chi connectivity index (χ0v) is 12.6. The van der Waals surface area contributed by atoms with Gasteiger partial charge in [0.1, 0.15) is 0 Å². The summed E-state index contributed by atoms with van der Waals surface area (Å²) in [5.41, 5.74) is 4.54. The molecule has 1 heterocycles. The average molecular weight is 273 g/mol. The van der Waals surface area contributed by atoms with Gasteiger partial charge >= 0.3 is 0 Å². The van der Waals surface area contributed by atoms with Gasteiger partial charge < -0.3 is 5.11 Å². The van der Waals surface area contributed by atoms with Crippen molar-refractivity contribution < 1.29 is 5.11 Å². The fraction of sp³-hybridized carbons (Fsp3) is 0.667. The molecular weight excluding hydrogens is 246 g/mol. The maximum atomic E-state index is 9.64. The molecule has 0 aromatic heterocycles. The summed E-state index contributed by atoms with van der Waals surface area (Å²) in [6, 6.07) is 7.50. The Labute approximate surface area is 122 Å². The number of benzene rings is 1. The molecule has 1 aromatic carbocycles. The molecule has 1 fully saturated rings. The molecule has 0 saturated carbocycles. The molecule has 1 saturated heterocycles. The Balaban J connectivity index is 1.89. The van der Waals surface area contributed by atoms with Crippen molar-refractivity contribution in [3.63, 3.8) is 0 Å². The van der Waals surface area contributed by atoms with Gasteiger partial charge in [-0.25, -0.2) is 0 Å². The minimum atomic E-state index is 0.276. The predicted octanol–water partition coefficient (Wildman–Crippen LogP) is 3.33. The van der Waals surface area contributed by atoms with Crippen molar-refractivity contribution in [1.29, 1.82) is 0 Å². The lowest BCUT2D eigenvalue weighted by molar-refractivity contribution is 0.126. The zero-order chi connectivity index (χ0) is 13.9. The summed E-state index contributed by atoms with van der Waals surface area (Å²) < 4.78 is 0. The van der Waals surface area contributed by atoms with Crippen molar-refractivity contribution in [2.75, 3.05) is 19.7 Å². The van der Waals surface area contributed by atoms with Crippen LogP contribution in [-0.4, -0.2) is 29.7 Å². The normalized spacial score (nSPS) is 22.5. The zero-order valence-electron chi connectivity index (χ0n) is 12.6. The van der Waals surface area contributed by atoms with Crippen LogP contribution < -0.4 is 0 Å². The molecule has 0 radical (unpaired) electrons. The Kier molecular flexibility index (Phi) is 4.42. The van der Waals surface area contributed by atoms with E-state index in [1.165, 1.54) is 57.2 Å². The SMILES string of the molecule is CC(CO)C(c1ccc2c(c1)CCCC2)N1CCCC1. The van der Waals surface area contributed by atoms with Gasteiger partial charge in [-0.1, -0.05) is 25.1 Å². The van der Waals surface area contributed by atoms with Crippen LogP contribution in [-0.2, 0) is 12.8 Å². The van der Waals surface area contributed by atoms with E-state index in [9.17, 15) is 5.11 Å². The molecule has 0 bridgehead atoms. The van der Waals surface area contributed by atoms with Crippen molar-refractivity contribution in [3.05, 3.63) is 34.9 Å². The van der Waals surface area contributed by atoms with E-state index in [0.717, 1.165) is 0 Å². The highest BCUT2D eigenvalue weighted by Gasteiger charge is 2.28. The molecule has 2 heteroatoms. The third-order valence-corrected chi connectivity index (χ3v) is 5.08. The lowest BCUT2D eigenvalue weighted by Gasteiger charge is -2.33. The predicted molar refractivity (Wildman–Crippen MR) is 82.9 cm³/mol. The van der Waals surface area contributed by atoms with Gasteiger partial charge in [0.15, 0.2) is 0 Å². The summed E-state index contributed by atoms with van der Waals surface area (Å²) in [7, 11) is 0. The molecular formula is C18H27NO. The Morgan fingerprint density at radius 1 is 1.05 bits per heavy atom. The molecule has 0 spiro atoms. The number of rotatable bonds is 4. The number of fused-ring (bicyclic) bond motifs is 1. The number of hydrogen-bond acceptors (Lipinski definition) is 2. The third-order valence-electron chi connectivity index (χ3n) is 5.08. The van der Waals surface area contributed by atoms with Gasteiger partial charge in [0, 0.05) is 12.6 Å². The van der Waals surface area contributed by atoms with Crippen molar-refractivity contribution in [1.82, 2.24) is 4.90 Å². The monoisotopic (exact) mass is 273 g/mol. The molecule has 1 aliphatic carbocycles. The van der Waals surface area contributed by atoms with Crippen molar-refractivity contribution >= 4 is 0 Å². The fourth-order valence-corrected chi connectivity index (χ4v) is 3.96. The Bertz CT molecular complexity index is 451. The number of aryl methyl sites for hydroxylation is 2. The highest BCUT2D eigenvalue weighted by molar-refractivity contribution is 5.35. The van der Waals surface area contributed by atoms with Gasteiger partial charge in [-0.2, -0.15) is 0 Å². The van der Waals surface area contributed by atoms with Crippen LogP contribution in [0, 0.1) is 5.92 Å². The quantitative estimate of drug-likeness (QED) is 0.909. The summed E-state index contributed by atoms with van der Waals surface area (Å²) in [5, 5.41) is 9.64. The first kappa shape index (κ1) is 14.1. The summed E-state index contributed by atoms with van der Waals surface area (Å²) >= 11 is 0. The van der Waals surface area contributed by atoms with Crippen LogP contribution in [0.15, 0.2) is 18.2 Å². The topological polar surface area (TPSA) is 23.5 Å². The minimum Gasteiger partial charge on any atom is -0.396 e. The van der Waals surface area contributed by atoms with E-state index in [-0.39, 0.29) is 6.61 Å². The van der Waals surface area contributed by atoms with Crippen LogP contribution in [0.2, 0.25) is 0 Å². The average Bonchev–Trinajstić information content (AvgIpc) is 3.01. The van der Waals surface area contributed by atoms with E-state index in [0.29, 0.717) is 12.0 Å². The number of nitrogens with zero attached hydrogens (tertiary/aromatic N) is 1. The van der Waals surface area contributed by atoms with Crippen LogP contribution in [0.4, 0.5) is 0 Å². The molecule has 1 aliphatic heterocycles. The van der Waals surface area contributed by atoms with E-state index < -0.39 is 0 Å². The molecule has 110 valence electrons. The Hall–Kier alpha value is -0.860. The highest BCUT2D eigenvalue weighted by Crippen LogP contribution is 2.34. The second-order valence-electron chi connectivity index (χ2n) is 6.58. The standard InChI is InChI=1S/C18H27NO/c1-14(13-20)18(19-10-4-5-11-19)17-9-8-15-6-2-3-7-16(15)12-17/h8-9,12,14,18,20H,2-7,10-11,13H2,1H3. The summed E-state index contributed by atoms with van der Waals surface area (Å²) in [5.74, 6) is 0.315. The smallest absolute Gasteiger partial charge is 0.0474 e. The van der Waals surface area contributed by atoms with Crippen LogP contribution in [0.5, 0.6) is 0 Å². The Morgan fingerprint density at radius 3 is 2.45 bits per heavy atom. The first-order chi connectivity index (χ1) is 9.79. The van der Waals surface area contributed by atoms with Gasteiger partial charge in [-0.15, -0.1) is 0 Å². The van der Waals surface area contributed by atoms with Gasteiger partial charge in [0.05, 0.1) is 0 Å². The largest absolute Gasteiger partial charge is 0.396 e. The Morgan fingerprint density at radius 2 is 1.75 bits per heavy atom. The van der Waals surface area contributed by atoms with Gasteiger partial charge in [-0.05, 0) is 74.2 Å². The van der Waals surface area contributed by atoms with Crippen molar-refractivity contribution in [2.45, 2.75) is 51.5 Å². The molecule has 0 amide bonds. The minimum absolute atomic E-state index is 0.276. The molecule has 20 heavy (non-hydrogen) atoms. The second-order valence-corrected chi connectivity index (χ2v) is 6.58. The summed E-state index contributed by atoms with van der Waals surface area (Å²) in [6.07, 6.45) is 7.78. The maximum Gasteiger partial charge on any atom is 0.0474 e. The first-order valence-electron chi connectivity index (χ1n) is 8.26. The van der Waals surface area contributed by atoms with E-state index in [2.05, 4.69) is 30.0 Å². The number of aliphatic hydroxyl groups excluding tert-OH is 1. The molecule has 1 aromatic rings. The third kappa shape index (κ3) is 2.77. The number of aliphatic hydroxyl groups is 1. The number of hydrogen-bond donors (Lipinski definition) is 1. The highest BCUT2D eigenvalue weighted by atomic mass is 16.3. The maximum absolute atomic E-state index is 9.64. The van der Waals surface area contributed by atoms with Gasteiger partial charge in [0.25, 0.3) is 0 Å². The van der Waals surface area contributed by atoms with Crippen LogP contribution >= 0.6 is 0 Å². The van der Waals surface area contributed by atoms with E-state index >= 15 is 0 Å². The van der Waals surface area contributed by atoms with Gasteiger partial charge in [-0.3, -0.25) is 4.90 Å². The number of likely N-dealkylation sites (tertiary alicyclic amines) is 1. The van der Waals surface area contributed by atoms with E-state index in [1.807, 2.05) is 0 Å². The van der Waals surface area contributed by atoms with Gasteiger partial charge in [0.2, 0.25) is 0 Å². The first-order valence-corrected chi connectivity index (χ1v) is 8.26. The fourth-order valence-electron chi connectivity index (χ4n) is 3.96. The van der Waals surface area contributed by atoms with Crippen molar-refractivity contribution in [2.24, 2.45) is 5.92 Å². The lowest BCUT2D eigenvalue weighted by Crippen LogP contribution is -2.32. The lowest BCUT2D eigenvalue weighted by atomic mass is 9.86. The van der Waals surface area contributed by atoms with Crippen LogP contribution in [0.1, 0.15) is 55.3 Å². The second kappa shape index (κ2) is 6.28. The summed E-state index contributed by atoms with van der Waals surface area (Å²) in [6.45, 7) is 4.83. The van der Waals surface area contributed by atoms with E-state index in [4.69, 9.17) is 0 Å². The molecule has 2 aliphatic rings. The molecule has 3 rings (SSSR count). The van der Waals surface area contributed by atoms with E-state index in [1.54, 1.807) is 11.1 Å². The molecule has 2 unspecified atom stereocenters. The molecule has 2 nitrogen and oxygen atoms in total. The van der Waals surface area contributed by atoms with Crippen molar-refractivity contribution in [3.8, 4) is 0 Å². The molecule has 1 N–H and O–H groups in total. The van der Waals surface area contributed by atoms with Crippen LogP contribution in [0.3, 0.4) is 0 Å². The van der Waals surface area contributed by atoms with Crippen LogP contribution in [0.25, 0.3) is 0 Å². The molecule has 2 atom stereocenters.